The third-order valence-corrected chi connectivity index (χ3v) is 7.68. The minimum absolute atomic E-state index is 0.121. The van der Waals surface area contributed by atoms with E-state index in [2.05, 4.69) is 10.1 Å². The first kappa shape index (κ1) is 21.5. The summed E-state index contributed by atoms with van der Waals surface area (Å²) in [6, 6.07) is 0.980. The Bertz CT molecular complexity index is 980. The molecule has 2 rings (SSSR count). The van der Waals surface area contributed by atoms with Crippen molar-refractivity contribution in [3.05, 3.63) is 48.1 Å². The number of hydrogen-bond acceptors (Lipinski definition) is 5. The molecule has 1 aromatic carbocycles. The highest BCUT2D eigenvalue weighted by molar-refractivity contribution is 7.92. The molecule has 1 aromatic heterocycles. The maximum atomic E-state index is 15.2. The van der Waals surface area contributed by atoms with E-state index in [1.165, 1.54) is 0 Å². The van der Waals surface area contributed by atoms with Crippen LogP contribution in [0.4, 0.5) is 17.6 Å². The third kappa shape index (κ3) is 3.40. The Morgan fingerprint density at radius 3 is 2.33 bits per heavy atom. The van der Waals surface area contributed by atoms with Crippen molar-refractivity contribution in [2.75, 3.05) is 5.75 Å². The fourth-order valence-corrected chi connectivity index (χ4v) is 5.55. The normalized spacial score (nSPS) is 15.5. The molecule has 0 aliphatic rings. The summed E-state index contributed by atoms with van der Waals surface area (Å²) in [4.78, 5) is 23.1. The number of alkyl halides is 2. The molecule has 8 nitrogen and oxygen atoms in total. The Balaban J connectivity index is 2.97. The van der Waals surface area contributed by atoms with E-state index >= 15 is 8.78 Å². The van der Waals surface area contributed by atoms with Gasteiger partial charge in [-0.15, -0.1) is 0 Å². The summed E-state index contributed by atoms with van der Waals surface area (Å²) in [7, 11) is -11.6. The minimum atomic E-state index is -6.12. The zero-order valence-electron chi connectivity index (χ0n) is 13.6. The Morgan fingerprint density at radius 1 is 1.26 bits per heavy atom. The number of benzene rings is 1. The molecule has 2 N–H and O–H groups in total. The quantitative estimate of drug-likeness (QED) is 0.505. The molecule has 0 amide bonds. The van der Waals surface area contributed by atoms with Gasteiger partial charge in [-0.25, -0.2) is 22.2 Å². The molecule has 1 unspecified atom stereocenters. The first-order valence-corrected chi connectivity index (χ1v) is 10.5. The molecular formula is C13H14F4N3O5PS. The summed E-state index contributed by atoms with van der Waals surface area (Å²) in [6.07, 6.45) is 1.64. The number of aromatic nitrogens is 3. The van der Waals surface area contributed by atoms with Gasteiger partial charge in [0.05, 0.1) is 12.3 Å². The maximum absolute atomic E-state index is 15.2. The third-order valence-electron chi connectivity index (χ3n) is 3.98. The second-order valence-corrected chi connectivity index (χ2v) is 9.71. The van der Waals surface area contributed by atoms with Crippen LogP contribution in [0, 0.1) is 11.6 Å². The van der Waals surface area contributed by atoms with E-state index < -0.39 is 57.3 Å². The van der Waals surface area contributed by atoms with Crippen molar-refractivity contribution in [2.24, 2.45) is 0 Å². The summed E-state index contributed by atoms with van der Waals surface area (Å²) in [6.45, 7) is -0.601. The molecule has 0 radical (unpaired) electrons. The van der Waals surface area contributed by atoms with Crippen LogP contribution in [0.2, 0.25) is 0 Å². The average molecular weight is 431 g/mol. The van der Waals surface area contributed by atoms with Crippen molar-refractivity contribution in [3.8, 4) is 0 Å². The highest BCUT2D eigenvalue weighted by Crippen LogP contribution is 2.66. The highest BCUT2D eigenvalue weighted by Gasteiger charge is 2.72. The van der Waals surface area contributed by atoms with Gasteiger partial charge in [0.25, 0.3) is 0 Å². The van der Waals surface area contributed by atoms with Gasteiger partial charge in [0.1, 0.15) is 24.3 Å². The molecule has 0 bridgehead atoms. The van der Waals surface area contributed by atoms with Crippen molar-refractivity contribution in [2.45, 2.75) is 23.9 Å². The fraction of sp³-hybridized carbons (Fsp3) is 0.385. The molecule has 1 atom stereocenters. The summed E-state index contributed by atoms with van der Waals surface area (Å²) < 4.78 is 94.9. The predicted molar refractivity (Wildman–Crippen MR) is 84.5 cm³/mol. The lowest BCUT2D eigenvalue weighted by Gasteiger charge is -2.39. The maximum Gasteiger partial charge on any atom is 0.368 e. The molecule has 1 heterocycles. The van der Waals surface area contributed by atoms with Crippen LogP contribution in [0.5, 0.6) is 0 Å². The van der Waals surface area contributed by atoms with Crippen LogP contribution in [-0.4, -0.2) is 44.0 Å². The average Bonchev–Trinajstić information content (AvgIpc) is 3.04. The second kappa shape index (κ2) is 6.97. The lowest BCUT2D eigenvalue weighted by Crippen LogP contribution is -2.54. The molecule has 0 saturated heterocycles. The van der Waals surface area contributed by atoms with E-state index in [0.717, 1.165) is 19.6 Å². The van der Waals surface area contributed by atoms with Crippen molar-refractivity contribution >= 4 is 17.4 Å². The standard InChI is InChI=1S/C13H14F4N3O5PS/c1-2-27(24,25)13(16,17)12(26(21,22)23,6-20-8-18-7-19-20)10-4-3-9(14)5-11(10)15/h3-5,7-8H,2,6H2,1H3,(H2,21,22,23). The molecule has 14 heteroatoms. The lowest BCUT2D eigenvalue weighted by molar-refractivity contribution is 0.0168. The van der Waals surface area contributed by atoms with Crippen molar-refractivity contribution in [1.82, 2.24) is 14.8 Å². The first-order chi connectivity index (χ1) is 12.3. The van der Waals surface area contributed by atoms with E-state index in [9.17, 15) is 31.6 Å². The number of rotatable bonds is 7. The molecule has 27 heavy (non-hydrogen) atoms. The Kier molecular flexibility index (Phi) is 5.54. The lowest BCUT2D eigenvalue weighted by atomic mass is 9.97. The van der Waals surface area contributed by atoms with Crippen LogP contribution in [0.1, 0.15) is 12.5 Å². The van der Waals surface area contributed by atoms with E-state index in [1.54, 1.807) is 0 Å². The summed E-state index contributed by atoms with van der Waals surface area (Å²) in [5.74, 6) is -4.15. The zero-order valence-corrected chi connectivity index (χ0v) is 15.3. The number of hydrogen-bond donors (Lipinski definition) is 2. The van der Waals surface area contributed by atoms with Crippen LogP contribution in [0.25, 0.3) is 0 Å². The van der Waals surface area contributed by atoms with Gasteiger partial charge in [0, 0.05) is 11.6 Å². The minimum Gasteiger partial charge on any atom is -0.324 e. The summed E-state index contributed by atoms with van der Waals surface area (Å²) >= 11 is 0. The second-order valence-electron chi connectivity index (χ2n) is 5.54. The van der Waals surface area contributed by atoms with E-state index in [1.807, 2.05) is 0 Å². The van der Waals surface area contributed by atoms with Gasteiger partial charge < -0.3 is 9.79 Å². The smallest absolute Gasteiger partial charge is 0.324 e. The van der Waals surface area contributed by atoms with Crippen LogP contribution in [0.15, 0.2) is 30.9 Å². The van der Waals surface area contributed by atoms with E-state index in [4.69, 9.17) is 0 Å². The Hall–Kier alpha value is -1.82. The van der Waals surface area contributed by atoms with Gasteiger partial charge in [-0.05, 0) is 6.07 Å². The molecule has 0 saturated carbocycles. The number of halogens is 4. The summed E-state index contributed by atoms with van der Waals surface area (Å²) in [5.41, 5.74) is -1.37. The van der Waals surface area contributed by atoms with Crippen molar-refractivity contribution in [3.63, 3.8) is 0 Å². The Morgan fingerprint density at radius 2 is 1.89 bits per heavy atom. The molecule has 2 aromatic rings. The SMILES string of the molecule is CCS(=O)(=O)C(F)(F)C(Cn1cncn1)(c1ccc(F)cc1F)P(=O)(O)O. The van der Waals surface area contributed by atoms with Gasteiger partial charge in [-0.2, -0.15) is 13.9 Å². The van der Waals surface area contributed by atoms with Crippen LogP contribution in [0.3, 0.4) is 0 Å². The Labute approximate surface area is 150 Å². The van der Waals surface area contributed by atoms with Gasteiger partial charge in [-0.3, -0.25) is 9.25 Å². The topological polar surface area (TPSA) is 122 Å². The van der Waals surface area contributed by atoms with Gasteiger partial charge in [0.2, 0.25) is 9.84 Å². The number of nitrogens with zero attached hydrogens (tertiary/aromatic N) is 3. The number of sulfone groups is 1. The predicted octanol–water partition coefficient (Wildman–Crippen LogP) is 1.66. The van der Waals surface area contributed by atoms with E-state index in [0.29, 0.717) is 16.8 Å². The van der Waals surface area contributed by atoms with Gasteiger partial charge in [0.15, 0.2) is 5.16 Å². The van der Waals surface area contributed by atoms with E-state index in [-0.39, 0.29) is 6.07 Å². The van der Waals surface area contributed by atoms with Gasteiger partial charge >= 0.3 is 12.9 Å². The zero-order chi connectivity index (χ0) is 20.7. The molecular weight excluding hydrogens is 417 g/mol. The van der Waals surface area contributed by atoms with Crippen molar-refractivity contribution in [1.29, 1.82) is 0 Å². The van der Waals surface area contributed by atoms with Crippen LogP contribution in [-0.2, 0) is 26.1 Å². The van der Waals surface area contributed by atoms with Crippen molar-refractivity contribution < 1.29 is 40.3 Å². The monoisotopic (exact) mass is 431 g/mol. The van der Waals surface area contributed by atoms with Crippen LogP contribution >= 0.6 is 7.60 Å². The highest BCUT2D eigenvalue weighted by atomic mass is 32.2. The van der Waals surface area contributed by atoms with Gasteiger partial charge in [-0.1, -0.05) is 13.0 Å². The molecule has 0 aliphatic carbocycles. The van der Waals surface area contributed by atoms with Crippen LogP contribution < -0.4 is 0 Å². The molecule has 0 spiro atoms. The first-order valence-electron chi connectivity index (χ1n) is 7.24. The fourth-order valence-electron chi connectivity index (χ4n) is 2.56. The summed E-state index contributed by atoms with van der Waals surface area (Å²) in [5, 5.41) is -5.61. The largest absolute Gasteiger partial charge is 0.368 e. The molecule has 0 aliphatic heterocycles. The molecule has 150 valence electrons. The molecule has 0 fully saturated rings.